The Balaban J connectivity index is 1.85. The molecule has 2 rings (SSSR count). The van der Waals surface area contributed by atoms with Crippen molar-refractivity contribution in [2.75, 3.05) is 19.0 Å². The molecule has 0 spiro atoms. The van der Waals surface area contributed by atoms with E-state index in [0.717, 1.165) is 16.9 Å². The molecule has 0 aliphatic heterocycles. The quantitative estimate of drug-likeness (QED) is 0.919. The Morgan fingerprint density at radius 2 is 2.29 bits per heavy atom. The van der Waals surface area contributed by atoms with Gasteiger partial charge in [-0.3, -0.25) is 0 Å². The first kappa shape index (κ1) is 11.9. The highest BCUT2D eigenvalue weighted by molar-refractivity contribution is 9.10. The van der Waals surface area contributed by atoms with Gasteiger partial charge in [-0.15, -0.1) is 0 Å². The van der Waals surface area contributed by atoms with Gasteiger partial charge in [0, 0.05) is 25.2 Å². The lowest BCUT2D eigenvalue weighted by molar-refractivity contribution is 0.397. The van der Waals surface area contributed by atoms with Crippen LogP contribution >= 0.6 is 15.9 Å². The monoisotopic (exact) mass is 297 g/mol. The Labute approximate surface area is 107 Å². The van der Waals surface area contributed by atoms with Crippen LogP contribution in [0.1, 0.15) is 5.76 Å². The number of aromatic nitrogens is 2. The molecule has 2 aromatic heterocycles. The van der Waals surface area contributed by atoms with Gasteiger partial charge in [-0.2, -0.15) is 4.98 Å². The fraction of sp³-hybridized carbons (Fsp3) is 0.273. The maximum Gasteiger partial charge on any atom is 0.225 e. The summed E-state index contributed by atoms with van der Waals surface area (Å²) >= 11 is 3.26. The molecule has 90 valence electrons. The van der Waals surface area contributed by atoms with E-state index in [1.807, 2.05) is 12.1 Å². The SMILES string of the molecule is COc1ccnc(NCCc2ccc(Br)o2)n1. The minimum Gasteiger partial charge on any atom is -0.481 e. The summed E-state index contributed by atoms with van der Waals surface area (Å²) in [6.45, 7) is 0.702. The number of rotatable bonds is 5. The molecule has 0 aliphatic rings. The lowest BCUT2D eigenvalue weighted by Crippen LogP contribution is -2.07. The van der Waals surface area contributed by atoms with Gasteiger partial charge in [-0.25, -0.2) is 4.98 Å². The van der Waals surface area contributed by atoms with E-state index in [9.17, 15) is 0 Å². The molecule has 0 radical (unpaired) electrons. The Bertz CT molecular complexity index is 487. The van der Waals surface area contributed by atoms with Crippen molar-refractivity contribution in [3.05, 3.63) is 34.8 Å². The van der Waals surface area contributed by atoms with E-state index in [1.165, 1.54) is 0 Å². The van der Waals surface area contributed by atoms with Gasteiger partial charge in [0.1, 0.15) is 5.76 Å². The Hall–Kier alpha value is -1.56. The molecule has 1 N–H and O–H groups in total. The summed E-state index contributed by atoms with van der Waals surface area (Å²) in [6, 6.07) is 5.50. The van der Waals surface area contributed by atoms with Crippen molar-refractivity contribution >= 4 is 21.9 Å². The van der Waals surface area contributed by atoms with Crippen molar-refractivity contribution in [3.8, 4) is 5.88 Å². The summed E-state index contributed by atoms with van der Waals surface area (Å²) in [6.07, 6.45) is 2.42. The zero-order valence-corrected chi connectivity index (χ0v) is 10.9. The number of hydrogen-bond acceptors (Lipinski definition) is 5. The van der Waals surface area contributed by atoms with Crippen LogP contribution in [0.15, 0.2) is 33.5 Å². The van der Waals surface area contributed by atoms with Crippen LogP contribution in [0.2, 0.25) is 0 Å². The third kappa shape index (κ3) is 3.45. The molecule has 0 bridgehead atoms. The van der Waals surface area contributed by atoms with Gasteiger partial charge in [-0.1, -0.05) is 0 Å². The molecule has 2 heterocycles. The molecule has 6 heteroatoms. The molecule has 2 aromatic rings. The van der Waals surface area contributed by atoms with Crippen molar-refractivity contribution < 1.29 is 9.15 Å². The standard InChI is InChI=1S/C11H12BrN3O2/c1-16-10-5-7-14-11(15-10)13-6-4-8-2-3-9(12)17-8/h2-3,5,7H,4,6H2,1H3,(H,13,14,15). The number of halogens is 1. The Morgan fingerprint density at radius 1 is 1.41 bits per heavy atom. The van der Waals surface area contributed by atoms with E-state index in [-0.39, 0.29) is 0 Å². The molecule has 0 saturated heterocycles. The van der Waals surface area contributed by atoms with Crippen molar-refractivity contribution in [2.24, 2.45) is 0 Å². The molecular weight excluding hydrogens is 286 g/mol. The Morgan fingerprint density at radius 3 is 3.00 bits per heavy atom. The van der Waals surface area contributed by atoms with Crippen LogP contribution < -0.4 is 10.1 Å². The molecule has 0 amide bonds. The highest BCUT2D eigenvalue weighted by Gasteiger charge is 2.01. The number of furan rings is 1. The minimum absolute atomic E-state index is 0.545. The van der Waals surface area contributed by atoms with Gasteiger partial charge in [-0.05, 0) is 28.1 Å². The molecular formula is C11H12BrN3O2. The van der Waals surface area contributed by atoms with Gasteiger partial charge in [0.25, 0.3) is 0 Å². The molecule has 5 nitrogen and oxygen atoms in total. The summed E-state index contributed by atoms with van der Waals surface area (Å²) in [5.41, 5.74) is 0. The minimum atomic E-state index is 0.545. The van der Waals surface area contributed by atoms with Crippen molar-refractivity contribution in [1.29, 1.82) is 0 Å². The maximum atomic E-state index is 5.38. The highest BCUT2D eigenvalue weighted by atomic mass is 79.9. The fourth-order valence-corrected chi connectivity index (χ4v) is 1.66. The van der Waals surface area contributed by atoms with Crippen LogP contribution in [0.25, 0.3) is 0 Å². The topological polar surface area (TPSA) is 60.2 Å². The summed E-state index contributed by atoms with van der Waals surface area (Å²) in [5.74, 6) is 2.01. The number of hydrogen-bond donors (Lipinski definition) is 1. The molecule has 0 atom stereocenters. The third-order valence-electron chi connectivity index (χ3n) is 2.12. The second-order valence-corrected chi connectivity index (χ2v) is 4.09. The smallest absolute Gasteiger partial charge is 0.225 e. The number of methoxy groups -OCH3 is 1. The molecule has 0 aliphatic carbocycles. The largest absolute Gasteiger partial charge is 0.481 e. The first-order valence-electron chi connectivity index (χ1n) is 5.13. The van der Waals surface area contributed by atoms with E-state index < -0.39 is 0 Å². The highest BCUT2D eigenvalue weighted by Crippen LogP contribution is 2.14. The van der Waals surface area contributed by atoms with E-state index in [2.05, 4.69) is 31.2 Å². The Kier molecular flexibility index (Phi) is 3.98. The van der Waals surface area contributed by atoms with Crippen LogP contribution in [0.5, 0.6) is 5.88 Å². The predicted molar refractivity (Wildman–Crippen MR) is 67.2 cm³/mol. The summed E-state index contributed by atoms with van der Waals surface area (Å²) in [7, 11) is 1.58. The van der Waals surface area contributed by atoms with Crippen LogP contribution in [0.4, 0.5) is 5.95 Å². The third-order valence-corrected chi connectivity index (χ3v) is 2.55. The van der Waals surface area contributed by atoms with Crippen LogP contribution in [0, 0.1) is 0 Å². The molecule has 0 aromatic carbocycles. The van der Waals surface area contributed by atoms with Gasteiger partial charge in [0.05, 0.1) is 7.11 Å². The zero-order chi connectivity index (χ0) is 12.1. The molecule has 0 saturated carbocycles. The summed E-state index contributed by atoms with van der Waals surface area (Å²) in [5, 5.41) is 3.10. The lowest BCUT2D eigenvalue weighted by Gasteiger charge is -2.04. The van der Waals surface area contributed by atoms with Crippen molar-refractivity contribution in [2.45, 2.75) is 6.42 Å². The van der Waals surface area contributed by atoms with Crippen LogP contribution in [0.3, 0.4) is 0 Å². The van der Waals surface area contributed by atoms with E-state index >= 15 is 0 Å². The molecule has 0 fully saturated rings. The van der Waals surface area contributed by atoms with Gasteiger partial charge >= 0.3 is 0 Å². The average molecular weight is 298 g/mol. The number of anilines is 1. The van der Waals surface area contributed by atoms with Gasteiger partial charge in [0.2, 0.25) is 11.8 Å². The summed E-state index contributed by atoms with van der Waals surface area (Å²) < 4.78 is 11.1. The number of nitrogens with one attached hydrogen (secondary N) is 1. The van der Waals surface area contributed by atoms with Crippen LogP contribution in [-0.2, 0) is 6.42 Å². The first-order chi connectivity index (χ1) is 8.28. The van der Waals surface area contributed by atoms with E-state index in [4.69, 9.17) is 9.15 Å². The van der Waals surface area contributed by atoms with Gasteiger partial charge in [0.15, 0.2) is 4.67 Å². The van der Waals surface area contributed by atoms with Crippen molar-refractivity contribution in [3.63, 3.8) is 0 Å². The first-order valence-corrected chi connectivity index (χ1v) is 5.92. The lowest BCUT2D eigenvalue weighted by atomic mass is 10.3. The van der Waals surface area contributed by atoms with E-state index in [1.54, 1.807) is 19.4 Å². The average Bonchev–Trinajstić information content (AvgIpc) is 2.75. The van der Waals surface area contributed by atoms with E-state index in [0.29, 0.717) is 18.4 Å². The predicted octanol–water partition coefficient (Wildman–Crippen LogP) is 2.50. The fourth-order valence-electron chi connectivity index (χ4n) is 1.32. The number of ether oxygens (including phenoxy) is 1. The maximum absolute atomic E-state index is 5.38. The van der Waals surface area contributed by atoms with Crippen molar-refractivity contribution in [1.82, 2.24) is 9.97 Å². The second-order valence-electron chi connectivity index (χ2n) is 3.31. The summed E-state index contributed by atoms with van der Waals surface area (Å²) in [4.78, 5) is 8.22. The molecule has 0 unspecified atom stereocenters. The van der Waals surface area contributed by atoms with Crippen LogP contribution in [-0.4, -0.2) is 23.6 Å². The second kappa shape index (κ2) is 5.67. The zero-order valence-electron chi connectivity index (χ0n) is 9.31. The molecule has 17 heavy (non-hydrogen) atoms. The normalized spacial score (nSPS) is 10.2. The van der Waals surface area contributed by atoms with Gasteiger partial charge < -0.3 is 14.5 Å². The number of nitrogens with zero attached hydrogens (tertiary/aromatic N) is 2.